The molecule has 17 heavy (non-hydrogen) atoms. The molecular weight excluding hydrogens is 252 g/mol. The van der Waals surface area contributed by atoms with E-state index in [0.29, 0.717) is 0 Å². The average Bonchev–Trinajstić information content (AvgIpc) is 2.92. The molecule has 0 amide bonds. The third-order valence-electron chi connectivity index (χ3n) is 3.15. The fourth-order valence-electron chi connectivity index (χ4n) is 2.07. The van der Waals surface area contributed by atoms with Crippen LogP contribution in [0.1, 0.15) is 19.3 Å². The maximum absolute atomic E-state index is 11.3. The summed E-state index contributed by atoms with van der Waals surface area (Å²) in [4.78, 5) is 22.3. The van der Waals surface area contributed by atoms with Gasteiger partial charge >= 0.3 is 11.9 Å². The number of aliphatic carboxylic acids is 2. The first kappa shape index (κ1) is 13.7. The van der Waals surface area contributed by atoms with Crippen LogP contribution in [0.3, 0.4) is 0 Å². The quantitative estimate of drug-likeness (QED) is 0.459. The number of carboxylic acid groups (broad SMARTS) is 2. The molecule has 1 aliphatic rings. The summed E-state index contributed by atoms with van der Waals surface area (Å²) in [5.41, 5.74) is -1.97. The lowest BCUT2D eigenvalue weighted by molar-refractivity contribution is -0.153. The fraction of sp³-hybridized carbons (Fsp3) is 0.556. The van der Waals surface area contributed by atoms with Crippen molar-refractivity contribution in [3.63, 3.8) is 0 Å². The van der Waals surface area contributed by atoms with E-state index in [4.69, 9.17) is 14.8 Å². The van der Waals surface area contributed by atoms with Crippen LogP contribution in [-0.4, -0.2) is 39.9 Å². The molecule has 1 unspecified atom stereocenters. The van der Waals surface area contributed by atoms with Crippen molar-refractivity contribution in [2.24, 2.45) is 5.41 Å². The van der Waals surface area contributed by atoms with Crippen molar-refractivity contribution in [3.8, 4) is 0 Å². The second kappa shape index (κ2) is 3.81. The summed E-state index contributed by atoms with van der Waals surface area (Å²) in [5.74, 6) is -3.42. The maximum Gasteiger partial charge on any atom is 0.329 e. The number of carboxylic acids is 2. The summed E-state index contributed by atoms with van der Waals surface area (Å²) in [6.45, 7) is 3.21. The Morgan fingerprint density at radius 1 is 1.35 bits per heavy atom. The van der Waals surface area contributed by atoms with Gasteiger partial charge in [0.1, 0.15) is 5.41 Å². The van der Waals surface area contributed by atoms with Crippen LogP contribution in [-0.2, 0) is 19.7 Å². The van der Waals surface area contributed by atoms with Crippen LogP contribution in [0.2, 0.25) is 0 Å². The van der Waals surface area contributed by atoms with E-state index >= 15 is 0 Å². The molecule has 7 nitrogen and oxygen atoms in total. The lowest BCUT2D eigenvalue weighted by atomic mass is 9.85. The zero-order valence-electron chi connectivity index (χ0n) is 8.79. The van der Waals surface area contributed by atoms with Gasteiger partial charge in [0.15, 0.2) is 0 Å². The summed E-state index contributed by atoms with van der Waals surface area (Å²) in [6, 6.07) is 0. The second-order valence-corrected chi connectivity index (χ2v) is 5.63. The van der Waals surface area contributed by atoms with Crippen molar-refractivity contribution < 1.29 is 32.8 Å². The van der Waals surface area contributed by atoms with Crippen molar-refractivity contribution in [1.29, 1.82) is 0 Å². The van der Waals surface area contributed by atoms with Gasteiger partial charge in [0.2, 0.25) is 4.75 Å². The highest BCUT2D eigenvalue weighted by Crippen LogP contribution is 2.59. The molecule has 0 aromatic rings. The van der Waals surface area contributed by atoms with E-state index in [0.717, 1.165) is 6.08 Å². The van der Waals surface area contributed by atoms with E-state index in [9.17, 15) is 18.0 Å². The van der Waals surface area contributed by atoms with Gasteiger partial charge in [-0.2, -0.15) is 8.42 Å². The number of allylic oxidation sites excluding steroid dienone is 1. The average molecular weight is 264 g/mol. The molecule has 0 saturated heterocycles. The van der Waals surface area contributed by atoms with E-state index in [2.05, 4.69) is 6.58 Å². The predicted molar refractivity (Wildman–Crippen MR) is 56.0 cm³/mol. The minimum absolute atomic E-state index is 0.109. The van der Waals surface area contributed by atoms with Crippen LogP contribution >= 0.6 is 0 Å². The molecule has 1 aliphatic carbocycles. The van der Waals surface area contributed by atoms with Crippen molar-refractivity contribution >= 4 is 22.1 Å². The Balaban J connectivity index is 3.53. The fourth-order valence-corrected chi connectivity index (χ4v) is 3.40. The third-order valence-corrected chi connectivity index (χ3v) is 4.76. The Bertz CT molecular complexity index is 474. The molecule has 0 aromatic carbocycles. The monoisotopic (exact) mass is 264 g/mol. The van der Waals surface area contributed by atoms with Crippen LogP contribution in [0.4, 0.5) is 0 Å². The molecule has 0 heterocycles. The molecular formula is C9H12O7S. The lowest BCUT2D eigenvalue weighted by Gasteiger charge is -2.30. The summed E-state index contributed by atoms with van der Waals surface area (Å²) < 4.78 is 29.1. The van der Waals surface area contributed by atoms with Crippen molar-refractivity contribution in [3.05, 3.63) is 12.7 Å². The van der Waals surface area contributed by atoms with Gasteiger partial charge in [0.05, 0.1) is 0 Å². The van der Waals surface area contributed by atoms with E-state index in [1.807, 2.05) is 0 Å². The molecule has 0 aliphatic heterocycles. The molecule has 0 spiro atoms. The molecule has 96 valence electrons. The first-order chi connectivity index (χ1) is 7.65. The van der Waals surface area contributed by atoms with E-state index < -0.39 is 38.6 Å². The van der Waals surface area contributed by atoms with Crippen molar-refractivity contribution in [1.82, 2.24) is 0 Å². The van der Waals surface area contributed by atoms with Crippen LogP contribution in [0, 0.1) is 5.41 Å². The van der Waals surface area contributed by atoms with E-state index in [1.54, 1.807) is 0 Å². The van der Waals surface area contributed by atoms with Crippen LogP contribution in [0.25, 0.3) is 0 Å². The summed E-state index contributed by atoms with van der Waals surface area (Å²) in [5, 5.41) is 18.1. The van der Waals surface area contributed by atoms with Gasteiger partial charge in [-0.1, -0.05) is 6.08 Å². The third kappa shape index (κ3) is 1.64. The molecule has 1 atom stereocenters. The standard InChI is InChI=1S/C9H12O7S/c1-2-3-9(7(12)13,17(14,15)16)8(4-5-8)6(10)11/h2H,1,3-5H2,(H,10,11)(H,12,13)(H,14,15,16). The van der Waals surface area contributed by atoms with Gasteiger partial charge in [0, 0.05) is 0 Å². The van der Waals surface area contributed by atoms with Gasteiger partial charge in [-0.15, -0.1) is 6.58 Å². The first-order valence-corrected chi connectivity index (χ1v) is 6.14. The molecule has 1 rings (SSSR count). The van der Waals surface area contributed by atoms with Crippen LogP contribution in [0.5, 0.6) is 0 Å². The molecule has 8 heteroatoms. The van der Waals surface area contributed by atoms with Gasteiger partial charge in [-0.3, -0.25) is 14.1 Å². The van der Waals surface area contributed by atoms with Crippen LogP contribution < -0.4 is 0 Å². The SMILES string of the molecule is C=CCC(C(=O)O)(C1(C(=O)O)CC1)S(=O)(=O)O. The Labute approximate surface area is 97.5 Å². The van der Waals surface area contributed by atoms with Gasteiger partial charge in [-0.25, -0.2) is 0 Å². The zero-order chi connectivity index (χ0) is 13.5. The van der Waals surface area contributed by atoms with E-state index in [-0.39, 0.29) is 12.8 Å². The smallest absolute Gasteiger partial charge is 0.329 e. The predicted octanol–water partition coefficient (Wildman–Crippen LogP) is 0.138. The molecule has 0 radical (unpaired) electrons. The first-order valence-electron chi connectivity index (χ1n) is 4.70. The van der Waals surface area contributed by atoms with E-state index in [1.165, 1.54) is 0 Å². The lowest BCUT2D eigenvalue weighted by Crippen LogP contribution is -2.56. The minimum atomic E-state index is -5.08. The highest BCUT2D eigenvalue weighted by atomic mass is 32.2. The van der Waals surface area contributed by atoms with Gasteiger partial charge in [-0.05, 0) is 19.3 Å². The zero-order valence-corrected chi connectivity index (χ0v) is 9.61. The normalized spacial score (nSPS) is 21.2. The molecule has 3 N–H and O–H groups in total. The highest BCUT2D eigenvalue weighted by molar-refractivity contribution is 7.88. The van der Waals surface area contributed by atoms with Crippen molar-refractivity contribution in [2.45, 2.75) is 24.0 Å². The molecule has 0 bridgehead atoms. The van der Waals surface area contributed by atoms with Gasteiger partial charge in [0.25, 0.3) is 10.1 Å². The maximum atomic E-state index is 11.3. The number of rotatable bonds is 6. The highest BCUT2D eigenvalue weighted by Gasteiger charge is 2.74. The molecule has 1 saturated carbocycles. The number of hydrogen-bond acceptors (Lipinski definition) is 4. The van der Waals surface area contributed by atoms with Crippen LogP contribution in [0.15, 0.2) is 12.7 Å². The van der Waals surface area contributed by atoms with Crippen molar-refractivity contribution in [2.75, 3.05) is 0 Å². The summed E-state index contributed by atoms with van der Waals surface area (Å²) in [7, 11) is -5.08. The molecule has 0 aromatic heterocycles. The van der Waals surface area contributed by atoms with Gasteiger partial charge < -0.3 is 10.2 Å². The summed E-state index contributed by atoms with van der Waals surface area (Å²) in [6.07, 6.45) is 0.100. The Morgan fingerprint density at radius 2 is 1.82 bits per heavy atom. The second-order valence-electron chi connectivity index (χ2n) is 3.99. The Hall–Kier alpha value is -1.41. The Kier molecular flexibility index (Phi) is 3.06. The Morgan fingerprint density at radius 3 is 2.00 bits per heavy atom. The largest absolute Gasteiger partial charge is 0.481 e. The summed E-state index contributed by atoms with van der Waals surface area (Å²) >= 11 is 0. The number of carbonyl (C=O) groups is 2. The minimum Gasteiger partial charge on any atom is -0.481 e. The topological polar surface area (TPSA) is 129 Å². The molecule has 1 fully saturated rings. The number of hydrogen-bond donors (Lipinski definition) is 3.